The number of carbonyl (C=O) groups is 1. The van der Waals surface area contributed by atoms with Gasteiger partial charge in [0.15, 0.2) is 0 Å². The number of halogens is 1. The average Bonchev–Trinajstić information content (AvgIpc) is 2.70. The summed E-state index contributed by atoms with van der Waals surface area (Å²) < 4.78 is 14.1. The molecule has 0 bridgehead atoms. The number of benzene rings is 2. The molecule has 1 amide bonds. The minimum atomic E-state index is -0.471. The van der Waals surface area contributed by atoms with Crippen LogP contribution in [0.2, 0.25) is 0 Å². The number of nitrogens with zero attached hydrogens (tertiary/aromatic N) is 2. The van der Waals surface area contributed by atoms with Crippen molar-refractivity contribution in [2.45, 2.75) is 6.92 Å². The zero-order valence-corrected chi connectivity index (χ0v) is 14.6. The molecule has 0 saturated carbocycles. The van der Waals surface area contributed by atoms with Crippen molar-refractivity contribution in [1.82, 2.24) is 9.97 Å². The van der Waals surface area contributed by atoms with Crippen LogP contribution in [-0.2, 0) is 0 Å². The lowest BCUT2D eigenvalue weighted by Gasteiger charge is -2.11. The van der Waals surface area contributed by atoms with Crippen LogP contribution in [0.4, 0.5) is 10.1 Å². The monoisotopic (exact) mass is 357 g/mol. The third-order valence-electron chi connectivity index (χ3n) is 4.31. The van der Waals surface area contributed by atoms with Crippen molar-refractivity contribution in [2.75, 3.05) is 5.32 Å². The van der Waals surface area contributed by atoms with Gasteiger partial charge in [0.2, 0.25) is 0 Å². The number of hydrogen-bond acceptors (Lipinski definition) is 3. The normalized spacial score (nSPS) is 10.7. The summed E-state index contributed by atoms with van der Waals surface area (Å²) in [6.45, 7) is 1.85. The zero-order valence-electron chi connectivity index (χ0n) is 14.6. The molecule has 0 radical (unpaired) electrons. The van der Waals surface area contributed by atoms with Crippen molar-refractivity contribution < 1.29 is 9.18 Å². The quantitative estimate of drug-likeness (QED) is 0.561. The topological polar surface area (TPSA) is 54.9 Å². The summed E-state index contributed by atoms with van der Waals surface area (Å²) in [5, 5.41) is 3.39. The van der Waals surface area contributed by atoms with Gasteiger partial charge in [-0.2, -0.15) is 0 Å². The SMILES string of the molecule is Cc1ccc(F)c(NC(=O)c2cc(-c3ccncc3)nc3ccccc23)c1. The standard InChI is InChI=1S/C22H16FN3O/c1-14-6-7-18(23)21(12-14)26-22(27)17-13-20(15-8-10-24-11-9-15)25-19-5-3-2-4-16(17)19/h2-13H,1H3,(H,26,27). The summed E-state index contributed by atoms with van der Waals surface area (Å²) in [6, 6.07) is 17.4. The maximum atomic E-state index is 14.1. The molecule has 0 saturated heterocycles. The lowest BCUT2D eigenvalue weighted by molar-refractivity contribution is 0.102. The molecule has 4 aromatic rings. The number of rotatable bonds is 3. The molecule has 4 rings (SSSR count). The van der Waals surface area contributed by atoms with Crippen molar-refractivity contribution in [3.63, 3.8) is 0 Å². The number of aryl methyl sites for hydroxylation is 1. The minimum Gasteiger partial charge on any atom is -0.319 e. The van der Waals surface area contributed by atoms with E-state index in [0.717, 1.165) is 11.1 Å². The second-order valence-corrected chi connectivity index (χ2v) is 6.25. The van der Waals surface area contributed by atoms with Crippen LogP contribution < -0.4 is 5.32 Å². The maximum Gasteiger partial charge on any atom is 0.256 e. The summed E-state index contributed by atoms with van der Waals surface area (Å²) >= 11 is 0. The molecular weight excluding hydrogens is 341 g/mol. The molecule has 1 N–H and O–H groups in total. The molecule has 0 aliphatic carbocycles. The third kappa shape index (κ3) is 3.40. The largest absolute Gasteiger partial charge is 0.319 e. The Bertz CT molecular complexity index is 1140. The number of amides is 1. The molecule has 4 nitrogen and oxygen atoms in total. The van der Waals surface area contributed by atoms with Gasteiger partial charge in [-0.1, -0.05) is 24.3 Å². The van der Waals surface area contributed by atoms with Crippen LogP contribution in [-0.4, -0.2) is 15.9 Å². The number of carbonyl (C=O) groups excluding carboxylic acids is 1. The molecule has 2 aromatic carbocycles. The molecule has 0 atom stereocenters. The second kappa shape index (κ2) is 6.96. The lowest BCUT2D eigenvalue weighted by atomic mass is 10.0. The Balaban J connectivity index is 1.82. The summed E-state index contributed by atoms with van der Waals surface area (Å²) in [4.78, 5) is 21.6. The predicted molar refractivity (Wildman–Crippen MR) is 104 cm³/mol. The van der Waals surface area contributed by atoms with E-state index in [2.05, 4.69) is 15.3 Å². The van der Waals surface area contributed by atoms with Gasteiger partial charge in [0.1, 0.15) is 5.82 Å². The smallest absolute Gasteiger partial charge is 0.256 e. The fourth-order valence-electron chi connectivity index (χ4n) is 2.96. The Morgan fingerprint density at radius 1 is 1.00 bits per heavy atom. The molecule has 0 fully saturated rings. The number of anilines is 1. The highest BCUT2D eigenvalue weighted by Crippen LogP contribution is 2.26. The van der Waals surface area contributed by atoms with Crippen molar-refractivity contribution in [3.05, 3.63) is 90.0 Å². The van der Waals surface area contributed by atoms with Gasteiger partial charge < -0.3 is 5.32 Å². The van der Waals surface area contributed by atoms with Gasteiger partial charge in [0, 0.05) is 23.3 Å². The van der Waals surface area contributed by atoms with E-state index in [1.165, 1.54) is 6.07 Å². The summed E-state index contributed by atoms with van der Waals surface area (Å²) in [5.41, 5.74) is 3.67. The average molecular weight is 357 g/mol. The van der Waals surface area contributed by atoms with Crippen LogP contribution in [0.5, 0.6) is 0 Å². The Hall–Kier alpha value is -3.60. The number of fused-ring (bicyclic) bond motifs is 1. The first kappa shape index (κ1) is 16.8. The van der Waals surface area contributed by atoms with Crippen LogP contribution >= 0.6 is 0 Å². The van der Waals surface area contributed by atoms with Crippen LogP contribution in [0.3, 0.4) is 0 Å². The minimum absolute atomic E-state index is 0.159. The predicted octanol–water partition coefficient (Wildman–Crippen LogP) is 5.00. The molecule has 0 unspecified atom stereocenters. The lowest BCUT2D eigenvalue weighted by Crippen LogP contribution is -2.14. The van der Waals surface area contributed by atoms with E-state index in [-0.39, 0.29) is 11.6 Å². The van der Waals surface area contributed by atoms with Gasteiger partial charge in [-0.15, -0.1) is 0 Å². The molecular formula is C22H16FN3O. The van der Waals surface area contributed by atoms with Crippen molar-refractivity contribution >= 4 is 22.5 Å². The van der Waals surface area contributed by atoms with Crippen molar-refractivity contribution in [1.29, 1.82) is 0 Å². The second-order valence-electron chi connectivity index (χ2n) is 6.25. The highest BCUT2D eigenvalue weighted by molar-refractivity contribution is 6.13. The highest BCUT2D eigenvalue weighted by atomic mass is 19.1. The highest BCUT2D eigenvalue weighted by Gasteiger charge is 2.15. The molecule has 5 heteroatoms. The van der Waals surface area contributed by atoms with Gasteiger partial charge >= 0.3 is 0 Å². The van der Waals surface area contributed by atoms with Gasteiger partial charge in [-0.05, 0) is 48.9 Å². The number of pyridine rings is 2. The van der Waals surface area contributed by atoms with E-state index >= 15 is 0 Å². The van der Waals surface area contributed by atoms with Crippen LogP contribution in [0.1, 0.15) is 15.9 Å². The molecule has 0 aliphatic heterocycles. The maximum absolute atomic E-state index is 14.1. The molecule has 27 heavy (non-hydrogen) atoms. The Morgan fingerprint density at radius 2 is 1.78 bits per heavy atom. The first-order valence-electron chi connectivity index (χ1n) is 8.49. The van der Waals surface area contributed by atoms with Gasteiger partial charge in [-0.25, -0.2) is 9.37 Å². The van der Waals surface area contributed by atoms with E-state index < -0.39 is 5.82 Å². The zero-order chi connectivity index (χ0) is 18.8. The van der Waals surface area contributed by atoms with Gasteiger partial charge in [0.05, 0.1) is 22.5 Å². The van der Waals surface area contributed by atoms with Gasteiger partial charge in [-0.3, -0.25) is 9.78 Å². The molecule has 2 aromatic heterocycles. The Morgan fingerprint density at radius 3 is 2.59 bits per heavy atom. The van der Waals surface area contributed by atoms with Crippen LogP contribution in [0.25, 0.3) is 22.2 Å². The molecule has 132 valence electrons. The molecule has 2 heterocycles. The number of para-hydroxylation sites is 1. The van der Waals surface area contributed by atoms with E-state index in [1.807, 2.05) is 43.3 Å². The van der Waals surface area contributed by atoms with E-state index in [0.29, 0.717) is 22.2 Å². The first-order valence-corrected chi connectivity index (χ1v) is 8.49. The number of aromatic nitrogens is 2. The van der Waals surface area contributed by atoms with Gasteiger partial charge in [0.25, 0.3) is 5.91 Å². The third-order valence-corrected chi connectivity index (χ3v) is 4.31. The molecule has 0 aliphatic rings. The number of hydrogen-bond donors (Lipinski definition) is 1. The number of nitrogens with one attached hydrogen (secondary N) is 1. The van der Waals surface area contributed by atoms with Crippen molar-refractivity contribution in [3.8, 4) is 11.3 Å². The van der Waals surface area contributed by atoms with Crippen molar-refractivity contribution in [2.24, 2.45) is 0 Å². The summed E-state index contributed by atoms with van der Waals surface area (Å²) in [7, 11) is 0. The fraction of sp³-hybridized carbons (Fsp3) is 0.0455. The Labute approximate surface area is 155 Å². The van der Waals surface area contributed by atoms with E-state index in [1.54, 1.807) is 30.6 Å². The van der Waals surface area contributed by atoms with Crippen LogP contribution in [0.15, 0.2) is 73.1 Å². The first-order chi connectivity index (χ1) is 13.1. The summed E-state index contributed by atoms with van der Waals surface area (Å²) in [6.07, 6.45) is 3.35. The molecule has 0 spiro atoms. The fourth-order valence-corrected chi connectivity index (χ4v) is 2.96. The summed E-state index contributed by atoms with van der Waals surface area (Å²) in [5.74, 6) is -0.852. The van der Waals surface area contributed by atoms with E-state index in [9.17, 15) is 9.18 Å². The Kier molecular flexibility index (Phi) is 4.34. The van der Waals surface area contributed by atoms with Crippen LogP contribution in [0, 0.1) is 12.7 Å². The van der Waals surface area contributed by atoms with E-state index in [4.69, 9.17) is 0 Å².